The summed E-state index contributed by atoms with van der Waals surface area (Å²) in [7, 11) is 0. The Morgan fingerprint density at radius 3 is 2.91 bits per heavy atom. The van der Waals surface area contributed by atoms with E-state index in [0.717, 1.165) is 11.1 Å². The molecule has 2 atom stereocenters. The number of nitrogens with one attached hydrogen (secondary N) is 1. The third kappa shape index (κ3) is 2.83. The van der Waals surface area contributed by atoms with Gasteiger partial charge >= 0.3 is 0 Å². The predicted molar refractivity (Wildman–Crippen MR) is 84.0 cm³/mol. The van der Waals surface area contributed by atoms with Crippen LogP contribution >= 0.6 is 0 Å². The van der Waals surface area contributed by atoms with Crippen LogP contribution in [0.3, 0.4) is 0 Å². The van der Waals surface area contributed by atoms with Crippen molar-refractivity contribution in [1.29, 1.82) is 0 Å². The number of benzene rings is 2. The van der Waals surface area contributed by atoms with E-state index in [9.17, 15) is 9.90 Å². The number of aliphatic hydroxyl groups excluding tert-OH is 1. The average Bonchev–Trinajstić information content (AvgIpc) is 2.84. The van der Waals surface area contributed by atoms with Crippen LogP contribution in [0.4, 0.5) is 0 Å². The standard InChI is InChI=1S/C18H19NO3/c1-2-22-14-8-5-7-13(10-14)18(21)19-17-15-9-4-3-6-12(15)11-16(17)20/h3-10,16-17,20H,2,11H2,1H3,(H,19,21). The molecule has 0 fully saturated rings. The summed E-state index contributed by atoms with van der Waals surface area (Å²) in [6, 6.07) is 14.5. The highest BCUT2D eigenvalue weighted by molar-refractivity contribution is 5.95. The Balaban J connectivity index is 1.78. The molecule has 3 rings (SSSR count). The van der Waals surface area contributed by atoms with Gasteiger partial charge in [0.2, 0.25) is 0 Å². The minimum Gasteiger partial charge on any atom is -0.494 e. The first kappa shape index (κ1) is 14.6. The fraction of sp³-hybridized carbons (Fsp3) is 0.278. The second-order valence-corrected chi connectivity index (χ2v) is 5.38. The highest BCUT2D eigenvalue weighted by Gasteiger charge is 2.32. The van der Waals surface area contributed by atoms with Crippen LogP contribution in [-0.4, -0.2) is 23.7 Å². The first-order chi connectivity index (χ1) is 10.7. The van der Waals surface area contributed by atoms with Crippen molar-refractivity contribution in [3.63, 3.8) is 0 Å². The maximum Gasteiger partial charge on any atom is 0.251 e. The minimum atomic E-state index is -0.587. The number of amides is 1. The lowest BCUT2D eigenvalue weighted by Crippen LogP contribution is -2.33. The summed E-state index contributed by atoms with van der Waals surface area (Å²) in [4.78, 5) is 12.4. The lowest BCUT2D eigenvalue weighted by Gasteiger charge is -2.18. The van der Waals surface area contributed by atoms with Crippen LogP contribution in [0.2, 0.25) is 0 Å². The number of aliphatic hydroxyl groups is 1. The first-order valence-electron chi connectivity index (χ1n) is 7.48. The Hall–Kier alpha value is -2.33. The van der Waals surface area contributed by atoms with Gasteiger partial charge in [-0.25, -0.2) is 0 Å². The summed E-state index contributed by atoms with van der Waals surface area (Å²) in [5, 5.41) is 13.1. The molecule has 1 aliphatic rings. The Morgan fingerprint density at radius 2 is 2.09 bits per heavy atom. The molecular weight excluding hydrogens is 278 g/mol. The Bertz CT molecular complexity index is 684. The molecule has 4 nitrogen and oxygen atoms in total. The van der Waals surface area contributed by atoms with E-state index in [4.69, 9.17) is 4.74 Å². The summed E-state index contributed by atoms with van der Waals surface area (Å²) < 4.78 is 5.41. The van der Waals surface area contributed by atoms with Crippen molar-refractivity contribution < 1.29 is 14.6 Å². The van der Waals surface area contributed by atoms with E-state index in [0.29, 0.717) is 24.3 Å². The van der Waals surface area contributed by atoms with Crippen LogP contribution in [0.15, 0.2) is 48.5 Å². The molecule has 2 unspecified atom stereocenters. The van der Waals surface area contributed by atoms with Gasteiger partial charge in [0.15, 0.2) is 0 Å². The first-order valence-corrected chi connectivity index (χ1v) is 7.48. The van der Waals surface area contributed by atoms with Crippen LogP contribution in [-0.2, 0) is 6.42 Å². The van der Waals surface area contributed by atoms with Gasteiger partial charge in [0.1, 0.15) is 5.75 Å². The van der Waals surface area contributed by atoms with Crippen LogP contribution in [0.25, 0.3) is 0 Å². The monoisotopic (exact) mass is 297 g/mol. The van der Waals surface area contributed by atoms with E-state index < -0.39 is 6.10 Å². The molecule has 2 aromatic carbocycles. The molecule has 114 valence electrons. The van der Waals surface area contributed by atoms with Crippen molar-refractivity contribution in [1.82, 2.24) is 5.32 Å². The molecule has 2 aromatic rings. The van der Waals surface area contributed by atoms with E-state index >= 15 is 0 Å². The van der Waals surface area contributed by atoms with Crippen molar-refractivity contribution in [3.05, 3.63) is 65.2 Å². The average molecular weight is 297 g/mol. The van der Waals surface area contributed by atoms with E-state index in [1.807, 2.05) is 37.3 Å². The van der Waals surface area contributed by atoms with Gasteiger partial charge in [-0.05, 0) is 36.2 Å². The van der Waals surface area contributed by atoms with Crippen molar-refractivity contribution in [3.8, 4) is 5.75 Å². The van der Waals surface area contributed by atoms with E-state index in [1.54, 1.807) is 18.2 Å². The molecule has 0 spiro atoms. The number of ether oxygens (including phenoxy) is 1. The molecule has 0 bridgehead atoms. The predicted octanol–water partition coefficient (Wildman–Crippen LogP) is 2.47. The molecular formula is C18H19NO3. The Kier molecular flexibility index (Phi) is 4.11. The topological polar surface area (TPSA) is 58.6 Å². The number of hydrogen-bond donors (Lipinski definition) is 2. The number of rotatable bonds is 4. The van der Waals surface area contributed by atoms with Gasteiger partial charge < -0.3 is 15.2 Å². The lowest BCUT2D eigenvalue weighted by molar-refractivity contribution is 0.0858. The third-order valence-electron chi connectivity index (χ3n) is 3.90. The van der Waals surface area contributed by atoms with Gasteiger partial charge in [0.25, 0.3) is 5.91 Å². The molecule has 1 aliphatic carbocycles. The van der Waals surface area contributed by atoms with Gasteiger partial charge in [-0.15, -0.1) is 0 Å². The van der Waals surface area contributed by atoms with E-state index in [-0.39, 0.29) is 11.9 Å². The normalized spacial score (nSPS) is 19.5. The van der Waals surface area contributed by atoms with Crippen molar-refractivity contribution in [2.24, 2.45) is 0 Å². The van der Waals surface area contributed by atoms with Crippen LogP contribution in [0.1, 0.15) is 34.5 Å². The summed E-state index contributed by atoms with van der Waals surface area (Å²) in [6.45, 7) is 2.46. The molecule has 0 aromatic heterocycles. The fourth-order valence-corrected chi connectivity index (χ4v) is 2.87. The van der Waals surface area contributed by atoms with Gasteiger partial charge in [-0.3, -0.25) is 4.79 Å². The minimum absolute atomic E-state index is 0.206. The number of carbonyl (C=O) groups is 1. The van der Waals surface area contributed by atoms with Crippen LogP contribution in [0, 0.1) is 0 Å². The van der Waals surface area contributed by atoms with Crippen molar-refractivity contribution in [2.75, 3.05) is 6.61 Å². The highest BCUT2D eigenvalue weighted by atomic mass is 16.5. The molecule has 0 radical (unpaired) electrons. The number of carbonyl (C=O) groups excluding carboxylic acids is 1. The van der Waals surface area contributed by atoms with Gasteiger partial charge in [0, 0.05) is 12.0 Å². The van der Waals surface area contributed by atoms with E-state index in [2.05, 4.69) is 5.32 Å². The maximum atomic E-state index is 12.4. The van der Waals surface area contributed by atoms with Crippen molar-refractivity contribution in [2.45, 2.75) is 25.5 Å². The van der Waals surface area contributed by atoms with Gasteiger partial charge in [-0.2, -0.15) is 0 Å². The smallest absolute Gasteiger partial charge is 0.251 e. The number of hydrogen-bond acceptors (Lipinski definition) is 3. The summed E-state index contributed by atoms with van der Waals surface area (Å²) in [5.41, 5.74) is 2.61. The van der Waals surface area contributed by atoms with E-state index in [1.165, 1.54) is 0 Å². The Morgan fingerprint density at radius 1 is 1.27 bits per heavy atom. The molecule has 2 N–H and O–H groups in total. The molecule has 1 amide bonds. The number of fused-ring (bicyclic) bond motifs is 1. The lowest BCUT2D eigenvalue weighted by atomic mass is 10.1. The molecule has 22 heavy (non-hydrogen) atoms. The second-order valence-electron chi connectivity index (χ2n) is 5.38. The zero-order valence-corrected chi connectivity index (χ0v) is 12.5. The molecule has 0 aliphatic heterocycles. The zero-order valence-electron chi connectivity index (χ0n) is 12.5. The maximum absolute atomic E-state index is 12.4. The van der Waals surface area contributed by atoms with Crippen molar-refractivity contribution >= 4 is 5.91 Å². The molecule has 0 saturated carbocycles. The fourth-order valence-electron chi connectivity index (χ4n) is 2.87. The van der Waals surface area contributed by atoms with Crippen LogP contribution in [0.5, 0.6) is 5.75 Å². The zero-order chi connectivity index (χ0) is 15.5. The highest BCUT2D eigenvalue weighted by Crippen LogP contribution is 2.31. The molecule has 0 heterocycles. The van der Waals surface area contributed by atoms with Crippen LogP contribution < -0.4 is 10.1 Å². The summed E-state index contributed by atoms with van der Waals surface area (Å²) in [5.74, 6) is 0.463. The van der Waals surface area contributed by atoms with Gasteiger partial charge in [0.05, 0.1) is 18.8 Å². The SMILES string of the molecule is CCOc1cccc(C(=O)NC2c3ccccc3CC2O)c1. The third-order valence-corrected chi connectivity index (χ3v) is 3.90. The molecule has 0 saturated heterocycles. The summed E-state index contributed by atoms with van der Waals surface area (Å²) in [6.07, 6.45) is -0.0171. The largest absolute Gasteiger partial charge is 0.494 e. The second kappa shape index (κ2) is 6.20. The molecule has 4 heteroatoms. The van der Waals surface area contributed by atoms with Gasteiger partial charge in [-0.1, -0.05) is 30.3 Å². The Labute approximate surface area is 129 Å². The summed E-state index contributed by atoms with van der Waals surface area (Å²) >= 11 is 0. The quantitative estimate of drug-likeness (QED) is 0.911.